The Hall–Kier alpha value is -0.570. The Balaban J connectivity index is 2.08. The van der Waals surface area contributed by atoms with Crippen LogP contribution in [-0.2, 0) is 4.79 Å². The largest absolute Gasteiger partial charge is 0.339 e. The quantitative estimate of drug-likeness (QED) is 0.786. The van der Waals surface area contributed by atoms with Crippen LogP contribution in [-0.4, -0.2) is 29.9 Å². The van der Waals surface area contributed by atoms with Gasteiger partial charge in [0.15, 0.2) is 0 Å². The number of amides is 1. The number of nitrogens with zero attached hydrogens (tertiary/aromatic N) is 1. The van der Waals surface area contributed by atoms with E-state index in [1.165, 1.54) is 51.4 Å². The fourth-order valence-corrected chi connectivity index (χ4v) is 4.29. The van der Waals surface area contributed by atoms with E-state index in [1.807, 2.05) is 0 Å². The lowest BCUT2D eigenvalue weighted by molar-refractivity contribution is -0.141. The average molecular weight is 294 g/mol. The minimum absolute atomic E-state index is 0.183. The second kappa shape index (κ2) is 7.62. The number of carbonyl (C=O) groups is 1. The van der Waals surface area contributed by atoms with Crippen LogP contribution in [0.4, 0.5) is 0 Å². The summed E-state index contributed by atoms with van der Waals surface area (Å²) >= 11 is 0. The number of hydrogen-bond acceptors (Lipinski definition) is 2. The Bertz CT molecular complexity index is 332. The van der Waals surface area contributed by atoms with Gasteiger partial charge in [0.2, 0.25) is 5.91 Å². The zero-order valence-electron chi connectivity index (χ0n) is 14.1. The summed E-state index contributed by atoms with van der Waals surface area (Å²) in [7, 11) is 0. The summed E-state index contributed by atoms with van der Waals surface area (Å²) in [6, 6.07) is 0.475. The molecule has 0 aromatic carbocycles. The van der Waals surface area contributed by atoms with Crippen LogP contribution in [0.15, 0.2) is 0 Å². The summed E-state index contributed by atoms with van der Waals surface area (Å²) in [6.07, 6.45) is 12.1. The fourth-order valence-electron chi connectivity index (χ4n) is 4.29. The molecule has 0 aromatic rings. The molecule has 0 spiro atoms. The molecular formula is C18H34N2O. The summed E-state index contributed by atoms with van der Waals surface area (Å²) in [6.45, 7) is 6.10. The highest BCUT2D eigenvalue weighted by Gasteiger charge is 2.42. The van der Waals surface area contributed by atoms with Crippen molar-refractivity contribution in [2.45, 2.75) is 84.1 Å². The predicted octanol–water partition coefficient (Wildman–Crippen LogP) is 3.71. The second-order valence-electron chi connectivity index (χ2n) is 7.75. The minimum atomic E-state index is 0.183. The Kier molecular flexibility index (Phi) is 6.09. The van der Waals surface area contributed by atoms with Gasteiger partial charge in [-0.2, -0.15) is 0 Å². The number of carbonyl (C=O) groups excluding carboxylic acids is 1. The van der Waals surface area contributed by atoms with Crippen molar-refractivity contribution in [3.63, 3.8) is 0 Å². The van der Waals surface area contributed by atoms with Gasteiger partial charge in [0.1, 0.15) is 0 Å². The Morgan fingerprint density at radius 3 is 2.29 bits per heavy atom. The molecule has 0 heterocycles. The monoisotopic (exact) mass is 294 g/mol. The topological polar surface area (TPSA) is 46.3 Å². The van der Waals surface area contributed by atoms with Gasteiger partial charge >= 0.3 is 0 Å². The van der Waals surface area contributed by atoms with Crippen LogP contribution >= 0.6 is 0 Å². The Morgan fingerprint density at radius 1 is 1.10 bits per heavy atom. The van der Waals surface area contributed by atoms with Gasteiger partial charge in [-0.1, -0.05) is 46.0 Å². The van der Waals surface area contributed by atoms with E-state index in [0.717, 1.165) is 19.4 Å². The zero-order valence-corrected chi connectivity index (χ0v) is 14.1. The van der Waals surface area contributed by atoms with E-state index in [4.69, 9.17) is 5.73 Å². The van der Waals surface area contributed by atoms with Gasteiger partial charge < -0.3 is 10.6 Å². The lowest BCUT2D eigenvalue weighted by Crippen LogP contribution is -2.46. The maximum atomic E-state index is 13.2. The highest BCUT2D eigenvalue weighted by atomic mass is 16.2. The van der Waals surface area contributed by atoms with E-state index in [0.29, 0.717) is 18.5 Å². The summed E-state index contributed by atoms with van der Waals surface area (Å²) in [5.41, 5.74) is 5.89. The molecule has 2 N–H and O–H groups in total. The lowest BCUT2D eigenvalue weighted by Gasteiger charge is -2.37. The van der Waals surface area contributed by atoms with Gasteiger partial charge in [-0.25, -0.2) is 0 Å². The first-order valence-corrected chi connectivity index (χ1v) is 9.07. The van der Waals surface area contributed by atoms with E-state index < -0.39 is 0 Å². The second-order valence-corrected chi connectivity index (χ2v) is 7.75. The number of nitrogens with two attached hydrogens (primary N) is 1. The van der Waals surface area contributed by atoms with Gasteiger partial charge in [0, 0.05) is 18.5 Å². The highest BCUT2D eigenvalue weighted by molar-refractivity contribution is 5.80. The molecule has 2 aliphatic rings. The molecule has 1 atom stereocenters. The SMILES string of the molecule is CC1(C)CCCC1C(=O)N(CCCN)C1CCCCCC1. The molecule has 122 valence electrons. The molecule has 0 radical (unpaired) electrons. The van der Waals surface area contributed by atoms with Crippen molar-refractivity contribution in [3.8, 4) is 0 Å². The normalized spacial score (nSPS) is 26.5. The van der Waals surface area contributed by atoms with Gasteiger partial charge in [0.25, 0.3) is 0 Å². The van der Waals surface area contributed by atoms with Crippen LogP contribution in [0.2, 0.25) is 0 Å². The van der Waals surface area contributed by atoms with Gasteiger partial charge in [-0.3, -0.25) is 4.79 Å². The molecule has 0 aliphatic heterocycles. The highest BCUT2D eigenvalue weighted by Crippen LogP contribution is 2.44. The number of hydrogen-bond donors (Lipinski definition) is 1. The van der Waals surface area contributed by atoms with E-state index in [-0.39, 0.29) is 11.3 Å². The summed E-state index contributed by atoms with van der Waals surface area (Å²) in [5.74, 6) is 0.663. The minimum Gasteiger partial charge on any atom is -0.339 e. The van der Waals surface area contributed by atoms with Gasteiger partial charge in [-0.05, 0) is 44.1 Å². The van der Waals surface area contributed by atoms with Crippen LogP contribution in [0.5, 0.6) is 0 Å². The van der Waals surface area contributed by atoms with Crippen molar-refractivity contribution < 1.29 is 4.79 Å². The van der Waals surface area contributed by atoms with Crippen molar-refractivity contribution in [1.82, 2.24) is 4.90 Å². The van der Waals surface area contributed by atoms with Crippen molar-refractivity contribution in [1.29, 1.82) is 0 Å². The third-order valence-electron chi connectivity index (χ3n) is 5.71. The maximum absolute atomic E-state index is 13.2. The lowest BCUT2D eigenvalue weighted by atomic mass is 9.80. The number of rotatable bonds is 5. The molecule has 1 unspecified atom stereocenters. The molecule has 0 aromatic heterocycles. The zero-order chi connectivity index (χ0) is 15.3. The van der Waals surface area contributed by atoms with E-state index >= 15 is 0 Å². The molecule has 2 fully saturated rings. The first-order valence-electron chi connectivity index (χ1n) is 9.07. The molecule has 2 saturated carbocycles. The average Bonchev–Trinajstić information content (AvgIpc) is 2.67. The maximum Gasteiger partial charge on any atom is 0.226 e. The first-order chi connectivity index (χ1) is 10.1. The van der Waals surface area contributed by atoms with E-state index in [2.05, 4.69) is 18.7 Å². The predicted molar refractivity (Wildman–Crippen MR) is 88.0 cm³/mol. The van der Waals surface area contributed by atoms with Crippen LogP contribution in [0, 0.1) is 11.3 Å². The molecular weight excluding hydrogens is 260 g/mol. The van der Waals surface area contributed by atoms with Gasteiger partial charge in [0.05, 0.1) is 0 Å². The third-order valence-corrected chi connectivity index (χ3v) is 5.71. The summed E-state index contributed by atoms with van der Waals surface area (Å²) in [5, 5.41) is 0. The Morgan fingerprint density at radius 2 is 1.76 bits per heavy atom. The smallest absolute Gasteiger partial charge is 0.226 e. The molecule has 2 rings (SSSR count). The standard InChI is InChI=1S/C18H34N2O/c1-18(2)12-7-11-16(18)17(21)20(14-8-13-19)15-9-5-3-4-6-10-15/h15-16H,3-14,19H2,1-2H3. The molecule has 3 nitrogen and oxygen atoms in total. The summed E-state index contributed by atoms with van der Waals surface area (Å²) < 4.78 is 0. The molecule has 0 saturated heterocycles. The van der Waals surface area contributed by atoms with Crippen molar-refractivity contribution in [2.75, 3.05) is 13.1 Å². The van der Waals surface area contributed by atoms with Crippen LogP contribution < -0.4 is 5.73 Å². The van der Waals surface area contributed by atoms with Crippen LogP contribution in [0.1, 0.15) is 78.1 Å². The molecule has 0 bridgehead atoms. The van der Waals surface area contributed by atoms with E-state index in [1.54, 1.807) is 0 Å². The summed E-state index contributed by atoms with van der Waals surface area (Å²) in [4.78, 5) is 15.4. The van der Waals surface area contributed by atoms with Crippen molar-refractivity contribution >= 4 is 5.91 Å². The molecule has 21 heavy (non-hydrogen) atoms. The van der Waals surface area contributed by atoms with E-state index in [9.17, 15) is 4.79 Å². The van der Waals surface area contributed by atoms with Crippen LogP contribution in [0.3, 0.4) is 0 Å². The molecule has 2 aliphatic carbocycles. The van der Waals surface area contributed by atoms with Crippen molar-refractivity contribution in [3.05, 3.63) is 0 Å². The fraction of sp³-hybridized carbons (Fsp3) is 0.944. The first kappa shape index (κ1) is 16.8. The molecule has 3 heteroatoms. The molecule has 1 amide bonds. The third kappa shape index (κ3) is 4.21. The van der Waals surface area contributed by atoms with Gasteiger partial charge in [-0.15, -0.1) is 0 Å². The Labute approximate surface area is 130 Å². The van der Waals surface area contributed by atoms with Crippen molar-refractivity contribution in [2.24, 2.45) is 17.1 Å². The van der Waals surface area contributed by atoms with Crippen LogP contribution in [0.25, 0.3) is 0 Å².